The van der Waals surface area contributed by atoms with Gasteiger partial charge in [0.2, 0.25) is 0 Å². The Hall–Kier alpha value is -6.64. The van der Waals surface area contributed by atoms with Crippen LogP contribution in [0.2, 0.25) is 0 Å². The summed E-state index contributed by atoms with van der Waals surface area (Å²) in [6, 6.07) is 68.1. The molecule has 0 N–H and O–H groups in total. The van der Waals surface area contributed by atoms with Gasteiger partial charge in [0.25, 0.3) is 0 Å². The highest BCUT2D eigenvalue weighted by Crippen LogP contribution is 2.62. The van der Waals surface area contributed by atoms with Gasteiger partial charge >= 0.3 is 0 Å². The first kappa shape index (κ1) is 32.8. The molecule has 0 amide bonds. The van der Waals surface area contributed by atoms with Gasteiger partial charge in [0.1, 0.15) is 0 Å². The van der Waals surface area contributed by atoms with Crippen molar-refractivity contribution in [3.05, 3.63) is 215 Å². The molecule has 1 aromatic heterocycles. The molecule has 3 aliphatic rings. The molecule has 12 rings (SSSR count). The Bertz CT molecular complexity index is 2940. The summed E-state index contributed by atoms with van der Waals surface area (Å²) in [4.78, 5) is 2.44. The van der Waals surface area contributed by atoms with Crippen LogP contribution in [0.15, 0.2) is 182 Å². The molecule has 0 saturated heterocycles. The molecule has 0 fully saturated rings. The molecule has 9 aromatic rings. The van der Waals surface area contributed by atoms with E-state index >= 15 is 0 Å². The molecule has 1 aliphatic heterocycles. The molecule has 56 heavy (non-hydrogen) atoms. The van der Waals surface area contributed by atoms with Crippen molar-refractivity contribution >= 4 is 38.9 Å². The van der Waals surface area contributed by atoms with Crippen LogP contribution in [0.4, 0.5) is 17.1 Å². The summed E-state index contributed by atoms with van der Waals surface area (Å²) >= 11 is 0. The minimum Gasteiger partial charge on any atom is -0.310 e. The van der Waals surface area contributed by atoms with Gasteiger partial charge in [-0.1, -0.05) is 155 Å². The first-order chi connectivity index (χ1) is 27.6. The maximum absolute atomic E-state index is 2.60. The van der Waals surface area contributed by atoms with E-state index in [4.69, 9.17) is 0 Å². The third kappa shape index (κ3) is 4.11. The smallest absolute Gasteiger partial charge is 0.0755 e. The normalized spacial score (nSPS) is 14.4. The number of hydrogen-bond donors (Lipinski definition) is 0. The maximum atomic E-state index is 2.60. The third-order valence-corrected chi connectivity index (χ3v) is 12.7. The first-order valence-electron chi connectivity index (χ1n) is 20.0. The lowest BCUT2D eigenvalue weighted by Gasteiger charge is -2.40. The number of fused-ring (bicyclic) bond motifs is 15. The number of aromatic nitrogens is 1. The van der Waals surface area contributed by atoms with Crippen LogP contribution >= 0.6 is 0 Å². The fraction of sp³-hybridized carbons (Fsp3) is 0.111. The molecule has 2 heterocycles. The first-order valence-corrected chi connectivity index (χ1v) is 20.0. The van der Waals surface area contributed by atoms with E-state index in [1.54, 1.807) is 0 Å². The lowest BCUT2D eigenvalue weighted by Crippen LogP contribution is -2.33. The summed E-state index contributed by atoms with van der Waals surface area (Å²) < 4.78 is 2.60. The summed E-state index contributed by atoms with van der Waals surface area (Å²) in [5.74, 6) is 0. The van der Waals surface area contributed by atoms with E-state index in [1.807, 2.05) is 13.8 Å². The maximum Gasteiger partial charge on any atom is 0.0755 e. The van der Waals surface area contributed by atoms with E-state index in [-0.39, 0.29) is 5.41 Å². The van der Waals surface area contributed by atoms with Crippen LogP contribution in [-0.4, -0.2) is 4.57 Å². The molecule has 2 nitrogen and oxygen atoms in total. The number of nitrogens with zero attached hydrogens (tertiary/aromatic N) is 2. The van der Waals surface area contributed by atoms with Crippen molar-refractivity contribution < 1.29 is 0 Å². The fourth-order valence-electron chi connectivity index (χ4n) is 10.5. The zero-order valence-corrected chi connectivity index (χ0v) is 32.2. The largest absolute Gasteiger partial charge is 0.310 e. The molecule has 2 aliphatic carbocycles. The van der Waals surface area contributed by atoms with Gasteiger partial charge in [0.05, 0.1) is 22.1 Å². The van der Waals surface area contributed by atoms with Gasteiger partial charge in [-0.2, -0.15) is 0 Å². The van der Waals surface area contributed by atoms with Crippen molar-refractivity contribution in [3.63, 3.8) is 0 Å². The van der Waals surface area contributed by atoms with Gasteiger partial charge in [0.15, 0.2) is 0 Å². The Labute approximate surface area is 328 Å². The average Bonchev–Trinajstić information content (AvgIpc) is 3.82. The van der Waals surface area contributed by atoms with Gasteiger partial charge in [-0.3, -0.25) is 0 Å². The van der Waals surface area contributed by atoms with Crippen LogP contribution < -0.4 is 4.90 Å². The molecule has 2 heteroatoms. The van der Waals surface area contributed by atoms with Crippen LogP contribution in [0.25, 0.3) is 49.7 Å². The second-order valence-electron chi connectivity index (χ2n) is 15.7. The Morgan fingerprint density at radius 3 is 1.50 bits per heavy atom. The summed E-state index contributed by atoms with van der Waals surface area (Å²) in [6.45, 7) is 8.78. The van der Waals surface area contributed by atoms with Gasteiger partial charge in [-0.15, -0.1) is 0 Å². The lowest BCUT2D eigenvalue weighted by atomic mass is 9.65. The van der Waals surface area contributed by atoms with Crippen LogP contribution in [0.1, 0.15) is 61.1 Å². The van der Waals surface area contributed by atoms with Crippen molar-refractivity contribution in [2.75, 3.05) is 4.90 Å². The second kappa shape index (κ2) is 11.9. The Kier molecular flexibility index (Phi) is 6.98. The molecule has 0 radical (unpaired) electrons. The standard InChI is InChI=1S/C52H36N2.C2H6/c1-51(2)42-24-12-9-23-38(42)39-31-40-41-29-35(53(33-17-5-3-6-18-33)34-19-7-4-8-20-34)30-47-50(41)54(49(40)32-46(39)51)48-28-16-15-27-45(48)52(47)43-25-13-10-21-36(43)37-22-11-14-26-44(37)52;1-2/h3-32H,1-2H3;1-2H3. The average molecular weight is 719 g/mol. The van der Waals surface area contributed by atoms with Crippen LogP contribution in [-0.2, 0) is 10.8 Å². The molecule has 0 bridgehead atoms. The highest BCUT2D eigenvalue weighted by Gasteiger charge is 2.51. The van der Waals surface area contributed by atoms with Crippen LogP contribution in [0.3, 0.4) is 0 Å². The molecule has 0 unspecified atom stereocenters. The van der Waals surface area contributed by atoms with E-state index in [9.17, 15) is 0 Å². The molecule has 8 aromatic carbocycles. The van der Waals surface area contributed by atoms with Crippen molar-refractivity contribution in [3.8, 4) is 27.9 Å². The molecular weight excluding hydrogens is 677 g/mol. The van der Waals surface area contributed by atoms with E-state index in [2.05, 4.69) is 205 Å². The van der Waals surface area contributed by atoms with Crippen molar-refractivity contribution in [1.82, 2.24) is 4.57 Å². The van der Waals surface area contributed by atoms with Crippen LogP contribution in [0, 0.1) is 0 Å². The lowest BCUT2D eigenvalue weighted by molar-refractivity contribution is 0.661. The van der Waals surface area contributed by atoms with Crippen molar-refractivity contribution in [1.29, 1.82) is 0 Å². The highest BCUT2D eigenvalue weighted by atomic mass is 15.1. The summed E-state index contributed by atoms with van der Waals surface area (Å²) in [7, 11) is 0. The number of hydrogen-bond acceptors (Lipinski definition) is 1. The fourth-order valence-corrected chi connectivity index (χ4v) is 10.5. The number of anilines is 3. The second-order valence-corrected chi connectivity index (χ2v) is 15.7. The topological polar surface area (TPSA) is 8.17 Å². The predicted octanol–water partition coefficient (Wildman–Crippen LogP) is 14.3. The number of benzene rings is 8. The zero-order chi connectivity index (χ0) is 37.8. The zero-order valence-electron chi connectivity index (χ0n) is 32.2. The van der Waals surface area contributed by atoms with Gasteiger partial charge in [-0.05, 0) is 110 Å². The molecule has 0 saturated carbocycles. The van der Waals surface area contributed by atoms with Gasteiger partial charge < -0.3 is 9.47 Å². The summed E-state index contributed by atoms with van der Waals surface area (Å²) in [5.41, 5.74) is 20.0. The van der Waals surface area contributed by atoms with E-state index in [0.29, 0.717) is 0 Å². The van der Waals surface area contributed by atoms with Crippen molar-refractivity contribution in [2.45, 2.75) is 38.5 Å². The predicted molar refractivity (Wildman–Crippen MR) is 235 cm³/mol. The van der Waals surface area contributed by atoms with E-state index in [0.717, 1.165) is 17.1 Å². The molecule has 1 spiro atoms. The number of rotatable bonds is 3. The molecular formula is C54H42N2. The third-order valence-electron chi connectivity index (χ3n) is 12.7. The minimum atomic E-state index is -0.518. The Morgan fingerprint density at radius 2 is 0.893 bits per heavy atom. The van der Waals surface area contributed by atoms with Gasteiger partial charge in [0, 0.05) is 33.2 Å². The van der Waals surface area contributed by atoms with E-state index < -0.39 is 5.41 Å². The molecule has 268 valence electrons. The Morgan fingerprint density at radius 1 is 0.393 bits per heavy atom. The highest BCUT2D eigenvalue weighted by molar-refractivity contribution is 6.16. The minimum absolute atomic E-state index is 0.110. The van der Waals surface area contributed by atoms with Gasteiger partial charge in [-0.25, -0.2) is 0 Å². The van der Waals surface area contributed by atoms with Crippen molar-refractivity contribution in [2.24, 2.45) is 0 Å². The summed E-state index contributed by atoms with van der Waals surface area (Å²) in [5, 5.41) is 2.56. The van der Waals surface area contributed by atoms with Crippen LogP contribution in [0.5, 0.6) is 0 Å². The Balaban J connectivity index is 0.00000179. The molecule has 0 atom stereocenters. The number of para-hydroxylation sites is 3. The monoisotopic (exact) mass is 718 g/mol. The SMILES string of the molecule is CC.CC1(C)c2ccccc2-c2cc3c4cc(N(c5ccccc5)c5ccccc5)cc5c4n(c3cc21)-c1ccccc1C51c2ccccc2-c2ccccc21. The van der Waals surface area contributed by atoms with E-state index in [1.165, 1.54) is 83.1 Å². The quantitative estimate of drug-likeness (QED) is 0.177. The summed E-state index contributed by atoms with van der Waals surface area (Å²) in [6.07, 6.45) is 0.